The molecule has 1 aromatic carbocycles. The molecule has 0 spiro atoms. The summed E-state index contributed by atoms with van der Waals surface area (Å²) < 4.78 is 13.2. The van der Waals surface area contributed by atoms with Crippen molar-refractivity contribution >= 4 is 5.84 Å². The molecule has 0 fully saturated rings. The largest absolute Gasteiger partial charge is 0.261 e. The smallest absolute Gasteiger partial charge is 0.167 e. The minimum Gasteiger partial charge on any atom is -0.261 e. The standard InChI is InChI=1S/C21H20FN5O/c1-14(15-2-4-17(22)5-3-15)8-18-9-16(21-25-13-28-27-21)10-19(26-18)11-20-12-23-6-7-24-20/h2-7,9-10,12,14H,8,11,13H2,1H3,(H,25,27)/t14-/m1/s1. The van der Waals surface area contributed by atoms with Crippen LogP contribution in [0.25, 0.3) is 0 Å². The van der Waals surface area contributed by atoms with E-state index >= 15 is 0 Å². The Morgan fingerprint density at radius 1 is 1.11 bits per heavy atom. The van der Waals surface area contributed by atoms with Crippen molar-refractivity contribution < 1.29 is 9.23 Å². The number of aromatic nitrogens is 3. The number of hydroxylamine groups is 1. The Morgan fingerprint density at radius 3 is 2.64 bits per heavy atom. The molecule has 1 aliphatic rings. The van der Waals surface area contributed by atoms with Gasteiger partial charge in [0.2, 0.25) is 0 Å². The Kier molecular flexibility index (Phi) is 5.34. The van der Waals surface area contributed by atoms with Crippen LogP contribution in [-0.4, -0.2) is 27.5 Å². The highest BCUT2D eigenvalue weighted by Gasteiger charge is 2.15. The summed E-state index contributed by atoms with van der Waals surface area (Å²) in [5.41, 5.74) is 7.50. The minimum absolute atomic E-state index is 0.197. The number of pyridine rings is 1. The predicted octanol–water partition coefficient (Wildman–Crippen LogP) is 3.19. The molecule has 0 amide bonds. The van der Waals surface area contributed by atoms with E-state index in [4.69, 9.17) is 9.82 Å². The zero-order valence-electron chi connectivity index (χ0n) is 15.5. The van der Waals surface area contributed by atoms with Crippen molar-refractivity contribution in [3.63, 3.8) is 0 Å². The Hall–Kier alpha value is -3.19. The lowest BCUT2D eigenvalue weighted by Gasteiger charge is -2.14. The lowest BCUT2D eigenvalue weighted by Crippen LogP contribution is -2.19. The van der Waals surface area contributed by atoms with Crippen LogP contribution in [0.3, 0.4) is 0 Å². The maximum absolute atomic E-state index is 13.2. The summed E-state index contributed by atoms with van der Waals surface area (Å²) in [6, 6.07) is 10.6. The van der Waals surface area contributed by atoms with Gasteiger partial charge in [0.1, 0.15) is 5.82 Å². The third kappa shape index (κ3) is 4.37. The van der Waals surface area contributed by atoms with Gasteiger partial charge in [-0.25, -0.2) is 14.9 Å². The first kappa shape index (κ1) is 18.2. The average molecular weight is 377 g/mol. The molecule has 0 saturated heterocycles. The molecule has 142 valence electrons. The first-order valence-electron chi connectivity index (χ1n) is 9.10. The molecule has 0 aliphatic carbocycles. The molecule has 0 bridgehead atoms. The molecule has 0 saturated carbocycles. The highest BCUT2D eigenvalue weighted by Crippen LogP contribution is 2.22. The fraction of sp³-hybridized carbons (Fsp3) is 0.238. The monoisotopic (exact) mass is 377 g/mol. The van der Waals surface area contributed by atoms with Crippen LogP contribution >= 0.6 is 0 Å². The Bertz CT molecular complexity index is 976. The number of rotatable bonds is 6. The maximum atomic E-state index is 13.2. The van der Waals surface area contributed by atoms with E-state index in [2.05, 4.69) is 27.4 Å². The second-order valence-electron chi connectivity index (χ2n) is 6.75. The van der Waals surface area contributed by atoms with Crippen molar-refractivity contribution in [3.05, 3.63) is 89.0 Å². The van der Waals surface area contributed by atoms with Crippen LogP contribution in [0.1, 0.15) is 41.1 Å². The first-order valence-corrected chi connectivity index (χ1v) is 9.10. The lowest BCUT2D eigenvalue weighted by atomic mass is 9.95. The summed E-state index contributed by atoms with van der Waals surface area (Å²) in [4.78, 5) is 22.7. The molecule has 1 aliphatic heterocycles. The van der Waals surface area contributed by atoms with Crippen molar-refractivity contribution in [1.29, 1.82) is 0 Å². The fourth-order valence-corrected chi connectivity index (χ4v) is 3.19. The third-order valence-corrected chi connectivity index (χ3v) is 4.59. The van der Waals surface area contributed by atoms with E-state index in [-0.39, 0.29) is 11.7 Å². The summed E-state index contributed by atoms with van der Waals surface area (Å²) in [6.07, 6.45) is 6.36. The second-order valence-corrected chi connectivity index (χ2v) is 6.75. The molecule has 6 nitrogen and oxygen atoms in total. The molecular formula is C21H20FN5O. The minimum atomic E-state index is -0.229. The number of benzene rings is 1. The van der Waals surface area contributed by atoms with Gasteiger partial charge in [0.25, 0.3) is 0 Å². The maximum Gasteiger partial charge on any atom is 0.167 e. The van der Waals surface area contributed by atoms with Gasteiger partial charge in [-0.15, -0.1) is 0 Å². The third-order valence-electron chi connectivity index (χ3n) is 4.59. The average Bonchev–Trinajstić information content (AvgIpc) is 3.24. The zero-order chi connectivity index (χ0) is 19.3. The number of aliphatic imine (C=N–C) groups is 1. The predicted molar refractivity (Wildman–Crippen MR) is 103 cm³/mol. The Morgan fingerprint density at radius 2 is 1.93 bits per heavy atom. The summed E-state index contributed by atoms with van der Waals surface area (Å²) >= 11 is 0. The van der Waals surface area contributed by atoms with Crippen molar-refractivity contribution in [2.24, 2.45) is 4.99 Å². The highest BCUT2D eigenvalue weighted by molar-refractivity contribution is 5.98. The lowest BCUT2D eigenvalue weighted by molar-refractivity contribution is 0.115. The Balaban J connectivity index is 1.62. The van der Waals surface area contributed by atoms with Gasteiger partial charge >= 0.3 is 0 Å². The van der Waals surface area contributed by atoms with Gasteiger partial charge in [0, 0.05) is 42.0 Å². The van der Waals surface area contributed by atoms with Gasteiger partial charge in [-0.2, -0.15) is 0 Å². The molecule has 4 rings (SSSR count). The summed E-state index contributed by atoms with van der Waals surface area (Å²) in [5.74, 6) is 0.661. The molecule has 3 heterocycles. The van der Waals surface area contributed by atoms with Gasteiger partial charge in [-0.05, 0) is 42.2 Å². The van der Waals surface area contributed by atoms with Crippen LogP contribution in [0.15, 0.2) is 60.0 Å². The van der Waals surface area contributed by atoms with Crippen LogP contribution in [0.2, 0.25) is 0 Å². The molecular weight excluding hydrogens is 357 g/mol. The molecule has 0 unspecified atom stereocenters. The quantitative estimate of drug-likeness (QED) is 0.714. The van der Waals surface area contributed by atoms with Gasteiger partial charge in [0.15, 0.2) is 12.6 Å². The summed E-state index contributed by atoms with van der Waals surface area (Å²) in [5, 5.41) is 0. The van der Waals surface area contributed by atoms with E-state index < -0.39 is 0 Å². The zero-order valence-corrected chi connectivity index (χ0v) is 15.5. The number of amidine groups is 1. The molecule has 1 N–H and O–H groups in total. The molecule has 2 aromatic heterocycles. The highest BCUT2D eigenvalue weighted by atomic mass is 19.1. The second kappa shape index (κ2) is 8.22. The van der Waals surface area contributed by atoms with E-state index in [1.807, 2.05) is 24.3 Å². The summed E-state index contributed by atoms with van der Waals surface area (Å²) in [7, 11) is 0. The van der Waals surface area contributed by atoms with Crippen LogP contribution in [0.5, 0.6) is 0 Å². The SMILES string of the molecule is C[C@H](Cc1cc(C2=NCON2)cc(Cc2cnccn2)n1)c1ccc(F)cc1. The van der Waals surface area contributed by atoms with Gasteiger partial charge in [-0.3, -0.25) is 19.8 Å². The van der Waals surface area contributed by atoms with E-state index in [1.165, 1.54) is 12.1 Å². The number of nitrogens with zero attached hydrogens (tertiary/aromatic N) is 4. The van der Waals surface area contributed by atoms with Crippen LogP contribution < -0.4 is 5.48 Å². The van der Waals surface area contributed by atoms with Crippen LogP contribution in [-0.2, 0) is 17.7 Å². The molecule has 0 radical (unpaired) electrons. The van der Waals surface area contributed by atoms with Crippen molar-refractivity contribution in [3.8, 4) is 0 Å². The van der Waals surface area contributed by atoms with Crippen molar-refractivity contribution in [1.82, 2.24) is 20.4 Å². The molecule has 3 aromatic rings. The van der Waals surface area contributed by atoms with Crippen LogP contribution in [0, 0.1) is 5.82 Å². The number of hydrogen-bond acceptors (Lipinski definition) is 6. The van der Waals surface area contributed by atoms with E-state index in [1.54, 1.807) is 18.6 Å². The summed E-state index contributed by atoms with van der Waals surface area (Å²) in [6.45, 7) is 2.40. The number of nitrogens with one attached hydrogen (secondary N) is 1. The van der Waals surface area contributed by atoms with E-state index in [0.717, 1.165) is 34.6 Å². The molecule has 1 atom stereocenters. The van der Waals surface area contributed by atoms with Gasteiger partial charge in [0.05, 0.1) is 5.69 Å². The van der Waals surface area contributed by atoms with Gasteiger partial charge in [-0.1, -0.05) is 19.1 Å². The van der Waals surface area contributed by atoms with Gasteiger partial charge < -0.3 is 0 Å². The van der Waals surface area contributed by atoms with Crippen molar-refractivity contribution in [2.75, 3.05) is 6.73 Å². The van der Waals surface area contributed by atoms with Crippen LogP contribution in [0.4, 0.5) is 4.39 Å². The van der Waals surface area contributed by atoms with E-state index in [0.29, 0.717) is 19.0 Å². The number of halogens is 1. The Labute approximate surface area is 162 Å². The van der Waals surface area contributed by atoms with E-state index in [9.17, 15) is 4.39 Å². The molecule has 7 heteroatoms. The number of hydrogen-bond donors (Lipinski definition) is 1. The normalized spacial score (nSPS) is 14.4. The topological polar surface area (TPSA) is 72.3 Å². The van der Waals surface area contributed by atoms with Crippen molar-refractivity contribution in [2.45, 2.75) is 25.7 Å². The molecule has 28 heavy (non-hydrogen) atoms. The fourth-order valence-electron chi connectivity index (χ4n) is 3.19. The first-order chi connectivity index (χ1) is 13.7.